The number of methoxy groups -OCH3 is 1. The van der Waals surface area contributed by atoms with Crippen molar-refractivity contribution in [1.29, 1.82) is 0 Å². The summed E-state index contributed by atoms with van der Waals surface area (Å²) in [6.07, 6.45) is 1.16. The van der Waals surface area contributed by atoms with Gasteiger partial charge in [-0.15, -0.1) is 0 Å². The third kappa shape index (κ3) is 4.04. The van der Waals surface area contributed by atoms with Crippen LogP contribution >= 0.6 is 0 Å². The lowest BCUT2D eigenvalue weighted by atomic mass is 9.92. The average Bonchev–Trinajstić information content (AvgIpc) is 2.46. The van der Waals surface area contributed by atoms with Crippen LogP contribution in [0.25, 0.3) is 0 Å². The first kappa shape index (κ1) is 14.0. The first-order valence-electron chi connectivity index (χ1n) is 6.12. The Morgan fingerprint density at radius 2 is 2.00 bits per heavy atom. The fourth-order valence-corrected chi connectivity index (χ4v) is 1.82. The Morgan fingerprint density at radius 3 is 2.53 bits per heavy atom. The Hall–Kier alpha value is -1.03. The molecule has 98 valence electrons. The topological polar surface area (TPSA) is 39.1 Å². The van der Waals surface area contributed by atoms with E-state index in [1.807, 2.05) is 14.0 Å². The molecule has 0 spiro atoms. The van der Waals surface area contributed by atoms with Gasteiger partial charge in [0.1, 0.15) is 0 Å². The highest BCUT2D eigenvalue weighted by Crippen LogP contribution is 2.21. The average molecular weight is 239 g/mol. The number of nitrogens with one attached hydrogen (secondary N) is 1. The summed E-state index contributed by atoms with van der Waals surface area (Å²) in [5.41, 5.74) is 2.57. The Labute approximate surface area is 104 Å². The largest absolute Gasteiger partial charge is 0.481 e. The van der Waals surface area contributed by atoms with Gasteiger partial charge in [-0.1, -0.05) is 20.8 Å². The van der Waals surface area contributed by atoms with E-state index in [0.717, 1.165) is 36.6 Å². The van der Waals surface area contributed by atoms with Gasteiger partial charge in [-0.05, 0) is 25.3 Å². The molecule has 1 rings (SSSR count). The molecule has 0 aliphatic rings. The Balaban J connectivity index is 2.52. The zero-order valence-electron chi connectivity index (χ0n) is 11.9. The predicted octanol–water partition coefficient (Wildman–Crippen LogP) is 2.26. The molecule has 17 heavy (non-hydrogen) atoms. The molecule has 0 aliphatic carbocycles. The zero-order valence-corrected chi connectivity index (χ0v) is 11.9. The van der Waals surface area contributed by atoms with Gasteiger partial charge in [0.25, 0.3) is 0 Å². The molecule has 1 aromatic heterocycles. The monoisotopic (exact) mass is 239 g/mol. The second-order valence-corrected chi connectivity index (χ2v) is 5.68. The van der Waals surface area contributed by atoms with E-state index >= 15 is 0 Å². The van der Waals surface area contributed by atoms with Gasteiger partial charge in [0.2, 0.25) is 5.88 Å². The van der Waals surface area contributed by atoms with Crippen LogP contribution in [0.3, 0.4) is 0 Å². The minimum Gasteiger partial charge on any atom is -0.481 e. The van der Waals surface area contributed by atoms with Gasteiger partial charge >= 0.3 is 0 Å². The van der Waals surface area contributed by atoms with Crippen LogP contribution in [0.15, 0.2) is 0 Å². The zero-order chi connectivity index (χ0) is 13.1. The number of aromatic nitrogens is 2. The number of rotatable bonds is 5. The lowest BCUT2D eigenvalue weighted by Crippen LogP contribution is -2.20. The number of ether oxygens (including phenoxy) is 1. The molecule has 0 saturated heterocycles. The van der Waals surface area contributed by atoms with Crippen LogP contribution in [0, 0.1) is 12.3 Å². The van der Waals surface area contributed by atoms with E-state index in [1.165, 1.54) is 0 Å². The van der Waals surface area contributed by atoms with Crippen molar-refractivity contribution in [2.24, 2.45) is 12.5 Å². The predicted molar refractivity (Wildman–Crippen MR) is 70.3 cm³/mol. The third-order valence-corrected chi connectivity index (χ3v) is 2.84. The van der Waals surface area contributed by atoms with Gasteiger partial charge in [-0.25, -0.2) is 4.68 Å². The van der Waals surface area contributed by atoms with Crippen LogP contribution < -0.4 is 10.1 Å². The highest BCUT2D eigenvalue weighted by atomic mass is 16.5. The molecule has 0 saturated carbocycles. The Morgan fingerprint density at radius 1 is 1.35 bits per heavy atom. The molecular formula is C13H25N3O. The molecule has 1 N–H and O–H groups in total. The summed E-state index contributed by atoms with van der Waals surface area (Å²) < 4.78 is 7.14. The second kappa shape index (κ2) is 5.54. The van der Waals surface area contributed by atoms with Gasteiger partial charge in [0, 0.05) is 13.6 Å². The lowest BCUT2D eigenvalue weighted by molar-refractivity contribution is 0.358. The van der Waals surface area contributed by atoms with Gasteiger partial charge in [-0.3, -0.25) is 0 Å². The number of hydrogen-bond acceptors (Lipinski definition) is 3. The van der Waals surface area contributed by atoms with E-state index in [9.17, 15) is 0 Å². The van der Waals surface area contributed by atoms with Gasteiger partial charge in [-0.2, -0.15) is 5.10 Å². The standard InChI is InChI=1S/C13H25N3O/c1-10-11(12(17-6)16(5)15-10)9-14-8-7-13(2,3)4/h14H,7-9H2,1-6H3. The molecule has 0 atom stereocenters. The summed E-state index contributed by atoms with van der Waals surface area (Å²) in [4.78, 5) is 0. The molecule has 0 bridgehead atoms. The van der Waals surface area contributed by atoms with Crippen molar-refractivity contribution >= 4 is 0 Å². The Kier molecular flexibility index (Phi) is 4.57. The van der Waals surface area contributed by atoms with Crippen LogP contribution in [0.5, 0.6) is 5.88 Å². The normalized spacial score (nSPS) is 11.9. The van der Waals surface area contributed by atoms with Gasteiger partial charge in [0.05, 0.1) is 18.4 Å². The van der Waals surface area contributed by atoms with Crippen molar-refractivity contribution in [2.45, 2.75) is 40.7 Å². The third-order valence-electron chi connectivity index (χ3n) is 2.84. The number of aryl methyl sites for hydroxylation is 2. The van der Waals surface area contributed by atoms with E-state index in [2.05, 4.69) is 31.2 Å². The van der Waals surface area contributed by atoms with Crippen molar-refractivity contribution in [3.05, 3.63) is 11.3 Å². The van der Waals surface area contributed by atoms with E-state index in [4.69, 9.17) is 4.74 Å². The van der Waals surface area contributed by atoms with Gasteiger partial charge < -0.3 is 10.1 Å². The molecule has 1 heterocycles. The Bertz CT molecular complexity index is 363. The number of hydrogen-bond donors (Lipinski definition) is 1. The maximum atomic E-state index is 5.36. The van der Waals surface area contributed by atoms with Crippen molar-refractivity contribution in [1.82, 2.24) is 15.1 Å². The minimum atomic E-state index is 0.376. The highest BCUT2D eigenvalue weighted by Gasteiger charge is 2.14. The molecular weight excluding hydrogens is 214 g/mol. The van der Waals surface area contributed by atoms with Crippen LogP contribution in [0.4, 0.5) is 0 Å². The van der Waals surface area contributed by atoms with Gasteiger partial charge in [0.15, 0.2) is 0 Å². The van der Waals surface area contributed by atoms with Crippen molar-refractivity contribution in [3.8, 4) is 5.88 Å². The number of nitrogens with zero attached hydrogens (tertiary/aromatic N) is 2. The molecule has 4 heteroatoms. The maximum absolute atomic E-state index is 5.36. The quantitative estimate of drug-likeness (QED) is 0.801. The van der Waals surface area contributed by atoms with Crippen molar-refractivity contribution < 1.29 is 4.74 Å². The molecule has 0 radical (unpaired) electrons. The van der Waals surface area contributed by atoms with Crippen molar-refractivity contribution in [2.75, 3.05) is 13.7 Å². The first-order chi connectivity index (χ1) is 7.85. The molecule has 4 nitrogen and oxygen atoms in total. The summed E-state index contributed by atoms with van der Waals surface area (Å²) in [5.74, 6) is 0.853. The summed E-state index contributed by atoms with van der Waals surface area (Å²) >= 11 is 0. The van der Waals surface area contributed by atoms with Crippen molar-refractivity contribution in [3.63, 3.8) is 0 Å². The first-order valence-corrected chi connectivity index (χ1v) is 6.12. The smallest absolute Gasteiger partial charge is 0.216 e. The van der Waals surface area contributed by atoms with Crippen LogP contribution in [0.2, 0.25) is 0 Å². The van der Waals surface area contributed by atoms with E-state index in [0.29, 0.717) is 5.41 Å². The van der Waals surface area contributed by atoms with E-state index in [-0.39, 0.29) is 0 Å². The maximum Gasteiger partial charge on any atom is 0.216 e. The molecule has 0 amide bonds. The molecule has 1 aromatic rings. The van der Waals surface area contributed by atoms with E-state index in [1.54, 1.807) is 11.8 Å². The molecule has 0 fully saturated rings. The summed E-state index contributed by atoms with van der Waals surface area (Å²) in [6.45, 7) is 10.6. The lowest BCUT2D eigenvalue weighted by Gasteiger charge is -2.18. The molecule has 0 aromatic carbocycles. The SMILES string of the molecule is COc1c(CNCCC(C)(C)C)c(C)nn1C. The molecule has 0 unspecified atom stereocenters. The summed E-state index contributed by atoms with van der Waals surface area (Å²) in [7, 11) is 3.60. The minimum absolute atomic E-state index is 0.376. The van der Waals surface area contributed by atoms with Crippen LogP contribution in [-0.2, 0) is 13.6 Å². The molecule has 0 aliphatic heterocycles. The van der Waals surface area contributed by atoms with Crippen LogP contribution in [-0.4, -0.2) is 23.4 Å². The summed E-state index contributed by atoms with van der Waals surface area (Å²) in [5, 5.41) is 7.81. The van der Waals surface area contributed by atoms with E-state index < -0.39 is 0 Å². The van der Waals surface area contributed by atoms with Crippen LogP contribution in [0.1, 0.15) is 38.4 Å². The fraction of sp³-hybridized carbons (Fsp3) is 0.769. The second-order valence-electron chi connectivity index (χ2n) is 5.68. The highest BCUT2D eigenvalue weighted by molar-refractivity contribution is 5.30. The summed E-state index contributed by atoms with van der Waals surface area (Å²) in [6, 6.07) is 0. The fourth-order valence-electron chi connectivity index (χ4n) is 1.82.